The highest BCUT2D eigenvalue weighted by Crippen LogP contribution is 2.29. The number of hydrogen-bond acceptors (Lipinski definition) is 6. The van der Waals surface area contributed by atoms with E-state index < -0.39 is 0 Å². The summed E-state index contributed by atoms with van der Waals surface area (Å²) in [5.41, 5.74) is 3.09. The Morgan fingerprint density at radius 1 is 1.50 bits per heavy atom. The molecular formula is C13H21N5OS. The van der Waals surface area contributed by atoms with Crippen LogP contribution in [0.5, 0.6) is 0 Å². The van der Waals surface area contributed by atoms with Gasteiger partial charge in [0.15, 0.2) is 5.01 Å². The average molecular weight is 295 g/mol. The molecule has 1 aromatic rings. The lowest BCUT2D eigenvalue weighted by atomic mass is 10.1. The summed E-state index contributed by atoms with van der Waals surface area (Å²) in [5.74, 6) is 4.82. The Bertz CT molecular complexity index is 491. The van der Waals surface area contributed by atoms with E-state index in [1.807, 2.05) is 5.38 Å². The predicted molar refractivity (Wildman–Crippen MR) is 78.2 cm³/mol. The van der Waals surface area contributed by atoms with E-state index in [4.69, 9.17) is 5.84 Å². The van der Waals surface area contributed by atoms with Crippen molar-refractivity contribution in [2.24, 2.45) is 5.84 Å². The molecule has 0 spiro atoms. The number of amides is 1. The Labute approximate surface area is 122 Å². The lowest BCUT2D eigenvalue weighted by Crippen LogP contribution is -2.36. The van der Waals surface area contributed by atoms with Gasteiger partial charge in [0.2, 0.25) is 0 Å². The zero-order valence-electron chi connectivity index (χ0n) is 11.7. The maximum Gasteiger partial charge on any atom is 0.294 e. The van der Waals surface area contributed by atoms with Gasteiger partial charge in [-0.25, -0.2) is 10.8 Å². The second-order valence-corrected chi connectivity index (χ2v) is 6.55. The molecule has 7 heteroatoms. The minimum Gasteiger partial charge on any atom is -0.299 e. The highest BCUT2D eigenvalue weighted by Gasteiger charge is 2.34. The average Bonchev–Trinajstić information content (AvgIpc) is 2.98. The smallest absolute Gasteiger partial charge is 0.294 e. The molecule has 2 aliphatic rings. The van der Waals surface area contributed by atoms with E-state index in [0.29, 0.717) is 11.0 Å². The van der Waals surface area contributed by atoms with Crippen LogP contribution in [0.1, 0.15) is 34.8 Å². The molecular weight excluding hydrogens is 274 g/mol. The monoisotopic (exact) mass is 295 g/mol. The van der Waals surface area contributed by atoms with Crippen LogP contribution in [0.15, 0.2) is 5.38 Å². The normalized spacial score (nSPS) is 27.5. The van der Waals surface area contributed by atoms with Gasteiger partial charge in [0, 0.05) is 37.1 Å². The zero-order chi connectivity index (χ0) is 14.1. The fraction of sp³-hybridized carbons (Fsp3) is 0.692. The molecule has 6 nitrogen and oxygen atoms in total. The van der Waals surface area contributed by atoms with E-state index in [1.54, 1.807) is 0 Å². The molecule has 2 atom stereocenters. The number of fused-ring (bicyclic) bond motifs is 2. The Balaban J connectivity index is 1.63. The summed E-state index contributed by atoms with van der Waals surface area (Å²) < 4.78 is 0. The lowest BCUT2D eigenvalue weighted by molar-refractivity contribution is 0.0953. The van der Waals surface area contributed by atoms with Crippen molar-refractivity contribution in [3.63, 3.8) is 0 Å². The van der Waals surface area contributed by atoms with Crippen molar-refractivity contribution < 1.29 is 4.79 Å². The van der Waals surface area contributed by atoms with Crippen LogP contribution in [0.4, 0.5) is 0 Å². The van der Waals surface area contributed by atoms with Crippen LogP contribution in [0.3, 0.4) is 0 Å². The van der Waals surface area contributed by atoms with Crippen molar-refractivity contribution in [2.75, 3.05) is 20.1 Å². The highest BCUT2D eigenvalue weighted by molar-refractivity contribution is 7.11. The van der Waals surface area contributed by atoms with Crippen LogP contribution in [-0.4, -0.2) is 52.9 Å². The van der Waals surface area contributed by atoms with Gasteiger partial charge in [-0.15, -0.1) is 11.3 Å². The summed E-state index contributed by atoms with van der Waals surface area (Å²) in [6.45, 7) is 3.04. The Morgan fingerprint density at radius 2 is 2.30 bits per heavy atom. The van der Waals surface area contributed by atoms with Gasteiger partial charge in [-0.2, -0.15) is 0 Å². The minimum absolute atomic E-state index is 0.309. The number of likely N-dealkylation sites (tertiary alicyclic amines) is 1. The van der Waals surface area contributed by atoms with Crippen molar-refractivity contribution in [3.05, 3.63) is 16.1 Å². The molecule has 0 aliphatic carbocycles. The SMILES string of the molecule is CN1C2CCC1CN(Cc1csc(C(=O)NN)n1)CC2. The largest absolute Gasteiger partial charge is 0.299 e. The highest BCUT2D eigenvalue weighted by atomic mass is 32.1. The van der Waals surface area contributed by atoms with Crippen LogP contribution in [-0.2, 0) is 6.54 Å². The van der Waals surface area contributed by atoms with Crippen LogP contribution < -0.4 is 11.3 Å². The maximum absolute atomic E-state index is 11.4. The van der Waals surface area contributed by atoms with E-state index in [9.17, 15) is 4.79 Å². The molecule has 3 N–H and O–H groups in total. The van der Waals surface area contributed by atoms with Gasteiger partial charge in [0.05, 0.1) is 5.69 Å². The molecule has 2 unspecified atom stereocenters. The summed E-state index contributed by atoms with van der Waals surface area (Å²) in [5, 5.41) is 2.40. The second kappa shape index (κ2) is 5.77. The Hall–Kier alpha value is -1.02. The van der Waals surface area contributed by atoms with Gasteiger partial charge in [-0.05, 0) is 26.3 Å². The molecule has 0 radical (unpaired) electrons. The molecule has 1 amide bonds. The number of likely N-dealkylation sites (N-methyl/N-ethyl adjacent to an activating group) is 1. The number of nitrogen functional groups attached to an aromatic ring is 1. The van der Waals surface area contributed by atoms with Gasteiger partial charge >= 0.3 is 0 Å². The molecule has 2 bridgehead atoms. The number of aromatic nitrogens is 1. The van der Waals surface area contributed by atoms with Gasteiger partial charge in [0.1, 0.15) is 0 Å². The summed E-state index contributed by atoms with van der Waals surface area (Å²) in [4.78, 5) is 20.8. The number of nitrogens with one attached hydrogen (secondary N) is 1. The molecule has 1 aromatic heterocycles. The van der Waals surface area contributed by atoms with Crippen molar-refractivity contribution >= 4 is 17.2 Å². The summed E-state index contributed by atoms with van der Waals surface area (Å²) in [7, 11) is 2.25. The van der Waals surface area contributed by atoms with Crippen molar-refractivity contribution in [2.45, 2.75) is 37.9 Å². The van der Waals surface area contributed by atoms with E-state index in [0.717, 1.165) is 31.4 Å². The zero-order valence-corrected chi connectivity index (χ0v) is 12.5. The molecule has 3 heterocycles. The number of thiazole rings is 1. The molecule has 110 valence electrons. The number of carbonyl (C=O) groups excluding carboxylic acids is 1. The van der Waals surface area contributed by atoms with Crippen LogP contribution in [0, 0.1) is 0 Å². The number of hydrogen-bond donors (Lipinski definition) is 2. The number of nitrogens with zero attached hydrogens (tertiary/aromatic N) is 3. The summed E-state index contributed by atoms with van der Waals surface area (Å²) >= 11 is 1.35. The second-order valence-electron chi connectivity index (χ2n) is 5.69. The Kier molecular flexibility index (Phi) is 4.02. The van der Waals surface area contributed by atoms with E-state index in [2.05, 4.69) is 27.3 Å². The molecule has 0 saturated carbocycles. The van der Waals surface area contributed by atoms with Gasteiger partial charge < -0.3 is 0 Å². The molecule has 20 heavy (non-hydrogen) atoms. The van der Waals surface area contributed by atoms with Crippen molar-refractivity contribution in [1.82, 2.24) is 20.2 Å². The van der Waals surface area contributed by atoms with Crippen LogP contribution in [0.25, 0.3) is 0 Å². The molecule has 2 aliphatic heterocycles. The molecule has 3 rings (SSSR count). The number of hydrazine groups is 1. The van der Waals surface area contributed by atoms with Crippen molar-refractivity contribution in [3.8, 4) is 0 Å². The summed E-state index contributed by atoms with van der Waals surface area (Å²) in [6.07, 6.45) is 3.87. The van der Waals surface area contributed by atoms with Crippen LogP contribution in [0.2, 0.25) is 0 Å². The van der Waals surface area contributed by atoms with Crippen LogP contribution >= 0.6 is 11.3 Å². The third-order valence-corrected chi connectivity index (χ3v) is 5.39. The van der Waals surface area contributed by atoms with Gasteiger partial charge in [-0.1, -0.05) is 0 Å². The van der Waals surface area contributed by atoms with Gasteiger partial charge in [0.25, 0.3) is 5.91 Å². The number of rotatable bonds is 3. The number of carbonyl (C=O) groups is 1. The topological polar surface area (TPSA) is 74.5 Å². The first-order valence-electron chi connectivity index (χ1n) is 7.07. The molecule has 2 fully saturated rings. The third-order valence-electron chi connectivity index (χ3n) is 4.50. The van der Waals surface area contributed by atoms with Crippen molar-refractivity contribution in [1.29, 1.82) is 0 Å². The van der Waals surface area contributed by atoms with E-state index in [-0.39, 0.29) is 5.91 Å². The maximum atomic E-state index is 11.4. The standard InChI is InChI=1S/C13H21N5OS/c1-17-10-2-3-11(17)7-18(5-4-10)6-9-8-20-13(15-9)12(19)16-14/h8,10-11H,2-7,14H2,1H3,(H,16,19). The first kappa shape index (κ1) is 13.9. The summed E-state index contributed by atoms with van der Waals surface area (Å²) in [6, 6.07) is 1.42. The first-order chi connectivity index (χ1) is 9.67. The predicted octanol–water partition coefficient (Wildman–Crippen LogP) is 0.415. The number of nitrogens with two attached hydrogens (primary N) is 1. The fourth-order valence-electron chi connectivity index (χ4n) is 3.30. The molecule has 2 saturated heterocycles. The fourth-order valence-corrected chi connectivity index (χ4v) is 4.01. The molecule has 0 aromatic carbocycles. The first-order valence-corrected chi connectivity index (χ1v) is 7.95. The minimum atomic E-state index is -0.309. The Morgan fingerprint density at radius 3 is 3.10 bits per heavy atom. The van der Waals surface area contributed by atoms with E-state index in [1.165, 1.54) is 30.6 Å². The lowest BCUT2D eigenvalue weighted by Gasteiger charge is -2.24. The van der Waals surface area contributed by atoms with E-state index >= 15 is 0 Å². The van der Waals surface area contributed by atoms with Gasteiger partial charge in [-0.3, -0.25) is 20.0 Å². The third kappa shape index (κ3) is 2.71. The quantitative estimate of drug-likeness (QED) is 0.480.